The smallest absolute Gasteiger partial charge is 0.331 e. The second kappa shape index (κ2) is 7.91. The first kappa shape index (κ1) is 17.8. The molecular formula is C17H11ClN2O5S. The van der Waals surface area contributed by atoms with E-state index in [9.17, 15) is 9.59 Å². The molecule has 3 rings (SSSR count). The van der Waals surface area contributed by atoms with Crippen molar-refractivity contribution in [3.05, 3.63) is 45.8 Å². The van der Waals surface area contributed by atoms with Gasteiger partial charge in [-0.05, 0) is 35.2 Å². The topological polar surface area (TPSA) is 97.7 Å². The largest absolute Gasteiger partial charge is 0.454 e. The predicted molar refractivity (Wildman–Crippen MR) is 95.2 cm³/mol. The molecule has 2 aromatic rings. The van der Waals surface area contributed by atoms with Gasteiger partial charge < -0.3 is 19.5 Å². The number of halogens is 1. The number of benzene rings is 1. The highest BCUT2D eigenvalue weighted by molar-refractivity contribution is 7.14. The van der Waals surface area contributed by atoms with Gasteiger partial charge in [0.25, 0.3) is 5.91 Å². The van der Waals surface area contributed by atoms with Gasteiger partial charge in [-0.15, -0.1) is 11.3 Å². The number of fused-ring (bicyclic) bond motifs is 1. The summed E-state index contributed by atoms with van der Waals surface area (Å²) in [6, 6.07) is 6.83. The Kier molecular flexibility index (Phi) is 5.41. The van der Waals surface area contributed by atoms with Crippen molar-refractivity contribution in [1.82, 2.24) is 0 Å². The predicted octanol–water partition coefficient (Wildman–Crippen LogP) is 3.20. The lowest BCUT2D eigenvalue weighted by Gasteiger charge is -2.04. The van der Waals surface area contributed by atoms with Gasteiger partial charge in [0.15, 0.2) is 18.1 Å². The summed E-state index contributed by atoms with van der Waals surface area (Å²) in [5.41, 5.74) is 0.979. The monoisotopic (exact) mass is 390 g/mol. The third-order valence-corrected chi connectivity index (χ3v) is 4.36. The number of ether oxygens (including phenoxy) is 3. The van der Waals surface area contributed by atoms with Crippen LogP contribution in [-0.2, 0) is 14.3 Å². The van der Waals surface area contributed by atoms with Crippen molar-refractivity contribution in [3.63, 3.8) is 0 Å². The fourth-order valence-electron chi connectivity index (χ4n) is 2.09. The zero-order valence-electron chi connectivity index (χ0n) is 13.2. The fourth-order valence-corrected chi connectivity index (χ4v) is 3.12. The number of hydrogen-bond acceptors (Lipinski definition) is 7. The quantitative estimate of drug-likeness (QED) is 0.622. The zero-order valence-corrected chi connectivity index (χ0v) is 14.7. The van der Waals surface area contributed by atoms with Crippen LogP contribution < -0.4 is 14.8 Å². The van der Waals surface area contributed by atoms with Gasteiger partial charge in [-0.3, -0.25) is 4.79 Å². The number of carbonyl (C=O) groups is 2. The Morgan fingerprint density at radius 2 is 2.27 bits per heavy atom. The molecule has 1 aliphatic rings. The molecule has 0 bridgehead atoms. The van der Waals surface area contributed by atoms with Crippen LogP contribution in [0.4, 0.5) is 5.00 Å². The normalized spacial score (nSPS) is 12.0. The molecule has 9 heteroatoms. The highest BCUT2D eigenvalue weighted by Gasteiger charge is 2.17. The second-order valence-corrected chi connectivity index (χ2v) is 6.32. The lowest BCUT2D eigenvalue weighted by atomic mass is 10.2. The number of rotatable bonds is 5. The summed E-state index contributed by atoms with van der Waals surface area (Å²) in [6.45, 7) is -0.370. The Morgan fingerprint density at radius 1 is 1.42 bits per heavy atom. The molecule has 0 fully saturated rings. The molecule has 1 N–H and O–H groups in total. The van der Waals surface area contributed by atoms with Gasteiger partial charge in [0, 0.05) is 6.08 Å². The first-order chi connectivity index (χ1) is 12.6. The highest BCUT2D eigenvalue weighted by Crippen LogP contribution is 2.40. The summed E-state index contributed by atoms with van der Waals surface area (Å²) in [4.78, 5) is 23.5. The first-order valence-corrected chi connectivity index (χ1v) is 8.54. The van der Waals surface area contributed by atoms with E-state index in [-0.39, 0.29) is 6.79 Å². The van der Waals surface area contributed by atoms with Crippen molar-refractivity contribution in [2.45, 2.75) is 0 Å². The van der Waals surface area contributed by atoms with E-state index < -0.39 is 18.5 Å². The van der Waals surface area contributed by atoms with E-state index in [0.717, 1.165) is 0 Å². The molecule has 0 radical (unpaired) electrons. The number of nitriles is 1. The molecule has 0 saturated carbocycles. The molecule has 1 aromatic heterocycles. The van der Waals surface area contributed by atoms with E-state index in [1.807, 2.05) is 6.07 Å². The minimum atomic E-state index is -0.694. The molecule has 2 heterocycles. The summed E-state index contributed by atoms with van der Waals surface area (Å²) in [5, 5.41) is 13.9. The summed E-state index contributed by atoms with van der Waals surface area (Å²) in [6.07, 6.45) is 2.66. The van der Waals surface area contributed by atoms with E-state index in [4.69, 9.17) is 31.1 Å². The third kappa shape index (κ3) is 4.14. The number of nitrogens with one attached hydrogen (secondary N) is 1. The van der Waals surface area contributed by atoms with Gasteiger partial charge in [-0.25, -0.2) is 4.79 Å². The Bertz CT molecular complexity index is 932. The minimum absolute atomic E-state index is 0.0944. The summed E-state index contributed by atoms with van der Waals surface area (Å²) in [7, 11) is 0. The maximum absolute atomic E-state index is 11.8. The highest BCUT2D eigenvalue weighted by atomic mass is 35.5. The molecule has 1 aliphatic heterocycles. The Balaban J connectivity index is 1.53. The number of carbonyl (C=O) groups excluding carboxylic acids is 2. The lowest BCUT2D eigenvalue weighted by Crippen LogP contribution is -2.19. The number of hydrogen-bond donors (Lipinski definition) is 1. The van der Waals surface area contributed by atoms with Gasteiger partial charge in [0.1, 0.15) is 11.1 Å². The average molecular weight is 391 g/mol. The number of anilines is 1. The van der Waals surface area contributed by atoms with Gasteiger partial charge in [0.2, 0.25) is 6.79 Å². The van der Waals surface area contributed by atoms with E-state index in [1.165, 1.54) is 23.5 Å². The summed E-state index contributed by atoms with van der Waals surface area (Å²) in [5.74, 6) is -0.264. The SMILES string of the molecule is N#Cc1ccsc1NC(=O)COC(=O)/C=C/c1cc(Cl)c2c(c1)OCO2. The summed E-state index contributed by atoms with van der Waals surface area (Å²) >= 11 is 7.27. The Morgan fingerprint density at radius 3 is 3.08 bits per heavy atom. The van der Waals surface area contributed by atoms with Crippen molar-refractivity contribution in [1.29, 1.82) is 5.26 Å². The molecule has 7 nitrogen and oxygen atoms in total. The number of esters is 1. The van der Waals surface area contributed by atoms with Crippen molar-refractivity contribution < 1.29 is 23.8 Å². The number of nitrogens with zero attached hydrogens (tertiary/aromatic N) is 1. The maximum atomic E-state index is 11.8. The van der Waals surface area contributed by atoms with Crippen molar-refractivity contribution >= 4 is 45.9 Å². The number of amides is 1. The van der Waals surface area contributed by atoms with Crippen LogP contribution >= 0.6 is 22.9 Å². The molecule has 0 atom stereocenters. The van der Waals surface area contributed by atoms with Crippen molar-refractivity contribution in [2.75, 3.05) is 18.7 Å². The molecular weight excluding hydrogens is 380 g/mol. The van der Waals surface area contributed by atoms with Gasteiger partial charge in [-0.2, -0.15) is 5.26 Å². The Hall–Kier alpha value is -3.02. The van der Waals surface area contributed by atoms with Crippen LogP contribution in [0, 0.1) is 11.3 Å². The van der Waals surface area contributed by atoms with Gasteiger partial charge >= 0.3 is 5.97 Å². The zero-order chi connectivity index (χ0) is 18.5. The molecule has 0 unspecified atom stereocenters. The molecule has 1 aromatic carbocycles. The fraction of sp³-hybridized carbons (Fsp3) is 0.118. The van der Waals surface area contributed by atoms with Crippen molar-refractivity contribution in [2.24, 2.45) is 0 Å². The molecule has 1 amide bonds. The van der Waals surface area contributed by atoms with E-state index in [2.05, 4.69) is 5.32 Å². The van der Waals surface area contributed by atoms with E-state index in [0.29, 0.717) is 32.6 Å². The van der Waals surface area contributed by atoms with Crippen LogP contribution in [0.15, 0.2) is 29.7 Å². The standard InChI is InChI=1S/C17H11ClN2O5S/c18-12-5-10(6-13-16(12)25-9-24-13)1-2-15(22)23-8-14(21)20-17-11(7-19)3-4-26-17/h1-6H,8-9H2,(H,20,21)/b2-1+. The van der Waals surface area contributed by atoms with Gasteiger partial charge in [0.05, 0.1) is 10.6 Å². The van der Waals surface area contributed by atoms with Crippen LogP contribution in [0.1, 0.15) is 11.1 Å². The van der Waals surface area contributed by atoms with Crippen LogP contribution in [-0.4, -0.2) is 25.3 Å². The molecule has 0 saturated heterocycles. The van der Waals surface area contributed by atoms with E-state index >= 15 is 0 Å². The van der Waals surface area contributed by atoms with Crippen molar-refractivity contribution in [3.8, 4) is 17.6 Å². The molecule has 0 spiro atoms. The first-order valence-electron chi connectivity index (χ1n) is 7.28. The Labute approximate surface area is 157 Å². The second-order valence-electron chi connectivity index (χ2n) is 5.00. The number of thiophene rings is 1. The van der Waals surface area contributed by atoms with Crippen LogP contribution in [0.3, 0.4) is 0 Å². The van der Waals surface area contributed by atoms with E-state index in [1.54, 1.807) is 23.6 Å². The minimum Gasteiger partial charge on any atom is -0.454 e. The molecule has 26 heavy (non-hydrogen) atoms. The van der Waals surface area contributed by atoms with Gasteiger partial charge in [-0.1, -0.05) is 11.6 Å². The summed E-state index contributed by atoms with van der Waals surface area (Å²) < 4.78 is 15.3. The molecule has 0 aliphatic carbocycles. The molecule has 132 valence electrons. The van der Waals surface area contributed by atoms with Crippen LogP contribution in [0.2, 0.25) is 5.02 Å². The average Bonchev–Trinajstić information content (AvgIpc) is 3.27. The lowest BCUT2D eigenvalue weighted by molar-refractivity contribution is -0.142. The maximum Gasteiger partial charge on any atom is 0.331 e. The third-order valence-electron chi connectivity index (χ3n) is 3.25. The van der Waals surface area contributed by atoms with Crippen LogP contribution in [0.25, 0.3) is 6.08 Å². The van der Waals surface area contributed by atoms with Crippen LogP contribution in [0.5, 0.6) is 11.5 Å².